The zero-order valence-electron chi connectivity index (χ0n) is 5.07. The maximum Gasteiger partial charge on any atom is 0.104 e. The van der Waals surface area contributed by atoms with E-state index in [2.05, 4.69) is 17.2 Å². The van der Waals surface area contributed by atoms with Crippen molar-refractivity contribution in [2.24, 2.45) is 0 Å². The summed E-state index contributed by atoms with van der Waals surface area (Å²) < 4.78 is 0. The van der Waals surface area contributed by atoms with Crippen molar-refractivity contribution < 1.29 is 5.11 Å². The summed E-state index contributed by atoms with van der Waals surface area (Å²) in [5, 5.41) is 11.2. The van der Waals surface area contributed by atoms with Crippen LogP contribution in [0.25, 0.3) is 0 Å². The summed E-state index contributed by atoms with van der Waals surface area (Å²) in [5.41, 5.74) is 0. The Morgan fingerprint density at radius 2 is 2.25 bits per heavy atom. The Morgan fingerprint density at radius 3 is 2.75 bits per heavy atom. The molecule has 0 aliphatic heterocycles. The van der Waals surface area contributed by atoms with Crippen LogP contribution in [0.1, 0.15) is 6.92 Å². The standard InChI is InChI=1S/C6H11NO/c1-2-7-5-3-4-6-8/h7-8H,2,5-6H2,1H3. The Morgan fingerprint density at radius 1 is 1.50 bits per heavy atom. The molecule has 0 aliphatic carbocycles. The quantitative estimate of drug-likeness (QED) is 0.377. The minimum atomic E-state index is -0.0363. The van der Waals surface area contributed by atoms with Gasteiger partial charge in [-0.1, -0.05) is 18.8 Å². The molecule has 0 aromatic rings. The fourth-order valence-corrected chi connectivity index (χ4v) is 0.306. The lowest BCUT2D eigenvalue weighted by molar-refractivity contribution is 0.350. The maximum absolute atomic E-state index is 8.16. The zero-order chi connectivity index (χ0) is 6.24. The van der Waals surface area contributed by atoms with Crippen LogP contribution in [-0.2, 0) is 0 Å². The van der Waals surface area contributed by atoms with Crippen LogP contribution in [0.3, 0.4) is 0 Å². The largest absolute Gasteiger partial charge is 0.384 e. The highest BCUT2D eigenvalue weighted by Crippen LogP contribution is 1.54. The van der Waals surface area contributed by atoms with Crippen LogP contribution in [0.15, 0.2) is 0 Å². The molecule has 0 amide bonds. The van der Waals surface area contributed by atoms with E-state index >= 15 is 0 Å². The molecular formula is C6H11NO. The summed E-state index contributed by atoms with van der Waals surface area (Å²) in [7, 11) is 0. The highest BCUT2D eigenvalue weighted by atomic mass is 16.2. The average molecular weight is 113 g/mol. The normalized spacial score (nSPS) is 7.75. The summed E-state index contributed by atoms with van der Waals surface area (Å²) >= 11 is 0. The molecular weight excluding hydrogens is 102 g/mol. The molecule has 0 saturated heterocycles. The van der Waals surface area contributed by atoms with E-state index in [0.29, 0.717) is 6.54 Å². The van der Waals surface area contributed by atoms with Crippen molar-refractivity contribution in [3.05, 3.63) is 0 Å². The van der Waals surface area contributed by atoms with E-state index in [1.165, 1.54) is 0 Å². The summed E-state index contributed by atoms with van der Waals surface area (Å²) in [6, 6.07) is 0. The molecule has 0 aliphatic rings. The molecule has 46 valence electrons. The van der Waals surface area contributed by atoms with Gasteiger partial charge in [-0.05, 0) is 6.54 Å². The first-order valence-electron chi connectivity index (χ1n) is 2.69. The molecule has 0 saturated carbocycles. The number of hydrogen-bond acceptors (Lipinski definition) is 2. The third-order valence-corrected chi connectivity index (χ3v) is 0.667. The van der Waals surface area contributed by atoms with Gasteiger partial charge in [0.15, 0.2) is 0 Å². The first kappa shape index (κ1) is 7.48. The molecule has 0 spiro atoms. The van der Waals surface area contributed by atoms with Gasteiger partial charge in [0.2, 0.25) is 0 Å². The van der Waals surface area contributed by atoms with E-state index in [1.807, 2.05) is 6.92 Å². The van der Waals surface area contributed by atoms with Crippen molar-refractivity contribution in [1.29, 1.82) is 0 Å². The fraction of sp³-hybridized carbons (Fsp3) is 0.667. The Hall–Kier alpha value is -0.520. The number of nitrogens with one attached hydrogen (secondary N) is 1. The van der Waals surface area contributed by atoms with Gasteiger partial charge in [0.05, 0.1) is 6.54 Å². The van der Waals surface area contributed by atoms with Crippen molar-refractivity contribution in [3.8, 4) is 11.8 Å². The summed E-state index contributed by atoms with van der Waals surface area (Å²) in [5.74, 6) is 5.25. The first-order chi connectivity index (χ1) is 3.91. The van der Waals surface area contributed by atoms with Gasteiger partial charge in [0, 0.05) is 0 Å². The van der Waals surface area contributed by atoms with Gasteiger partial charge in [-0.3, -0.25) is 0 Å². The molecule has 2 heteroatoms. The molecule has 0 bridgehead atoms. The van der Waals surface area contributed by atoms with E-state index in [9.17, 15) is 0 Å². The monoisotopic (exact) mass is 113 g/mol. The third-order valence-electron chi connectivity index (χ3n) is 0.667. The van der Waals surface area contributed by atoms with Crippen LogP contribution >= 0.6 is 0 Å². The Kier molecular flexibility index (Phi) is 6.06. The molecule has 0 rings (SSSR count). The van der Waals surface area contributed by atoms with E-state index in [1.54, 1.807) is 0 Å². The second-order valence-corrected chi connectivity index (χ2v) is 1.29. The first-order valence-corrected chi connectivity index (χ1v) is 2.69. The summed E-state index contributed by atoms with van der Waals surface area (Å²) in [4.78, 5) is 0. The lowest BCUT2D eigenvalue weighted by Gasteiger charge is -1.87. The second-order valence-electron chi connectivity index (χ2n) is 1.29. The predicted octanol–water partition coefficient (Wildman–Crippen LogP) is -0.408. The van der Waals surface area contributed by atoms with Crippen LogP contribution in [0.2, 0.25) is 0 Å². The summed E-state index contributed by atoms with van der Waals surface area (Å²) in [6.07, 6.45) is 0. The lowest BCUT2D eigenvalue weighted by atomic mass is 10.5. The molecule has 0 aromatic carbocycles. The molecule has 8 heavy (non-hydrogen) atoms. The van der Waals surface area contributed by atoms with E-state index in [0.717, 1.165) is 6.54 Å². The highest BCUT2D eigenvalue weighted by molar-refractivity contribution is 5.00. The van der Waals surface area contributed by atoms with Crippen LogP contribution in [0.5, 0.6) is 0 Å². The summed E-state index contributed by atoms with van der Waals surface area (Å²) in [6.45, 7) is 3.59. The van der Waals surface area contributed by atoms with Crippen LogP contribution in [0.4, 0.5) is 0 Å². The van der Waals surface area contributed by atoms with Gasteiger partial charge in [-0.15, -0.1) is 0 Å². The van der Waals surface area contributed by atoms with Gasteiger partial charge in [-0.2, -0.15) is 0 Å². The minimum absolute atomic E-state index is 0.0363. The van der Waals surface area contributed by atoms with E-state index in [4.69, 9.17) is 5.11 Å². The molecule has 2 nitrogen and oxygen atoms in total. The average Bonchev–Trinajstić information content (AvgIpc) is 1.81. The SMILES string of the molecule is CCNCC#CCO. The van der Waals surface area contributed by atoms with Gasteiger partial charge >= 0.3 is 0 Å². The molecule has 0 radical (unpaired) electrons. The lowest BCUT2D eigenvalue weighted by Crippen LogP contribution is -2.11. The van der Waals surface area contributed by atoms with Gasteiger partial charge < -0.3 is 10.4 Å². The van der Waals surface area contributed by atoms with Crippen LogP contribution in [0, 0.1) is 11.8 Å². The number of aliphatic hydroxyl groups excluding tert-OH is 1. The zero-order valence-corrected chi connectivity index (χ0v) is 5.07. The van der Waals surface area contributed by atoms with Gasteiger partial charge in [0.1, 0.15) is 6.61 Å². The number of rotatable bonds is 2. The van der Waals surface area contributed by atoms with Gasteiger partial charge in [-0.25, -0.2) is 0 Å². The van der Waals surface area contributed by atoms with Crippen molar-refractivity contribution >= 4 is 0 Å². The fourth-order valence-electron chi connectivity index (χ4n) is 0.306. The minimum Gasteiger partial charge on any atom is -0.384 e. The topological polar surface area (TPSA) is 32.3 Å². The second kappa shape index (κ2) is 6.48. The molecule has 0 unspecified atom stereocenters. The Labute approximate surface area is 49.9 Å². The van der Waals surface area contributed by atoms with Crippen molar-refractivity contribution in [1.82, 2.24) is 5.32 Å². The van der Waals surface area contributed by atoms with Crippen LogP contribution in [-0.4, -0.2) is 24.8 Å². The van der Waals surface area contributed by atoms with Crippen molar-refractivity contribution in [2.75, 3.05) is 19.7 Å². The molecule has 0 atom stereocenters. The number of aliphatic hydroxyl groups is 1. The Bertz CT molecular complexity index is 90.4. The van der Waals surface area contributed by atoms with Gasteiger partial charge in [0.25, 0.3) is 0 Å². The number of hydrogen-bond donors (Lipinski definition) is 2. The maximum atomic E-state index is 8.16. The van der Waals surface area contributed by atoms with Crippen molar-refractivity contribution in [3.63, 3.8) is 0 Å². The highest BCUT2D eigenvalue weighted by Gasteiger charge is 1.69. The molecule has 0 fully saturated rings. The smallest absolute Gasteiger partial charge is 0.104 e. The third kappa shape index (κ3) is 5.48. The van der Waals surface area contributed by atoms with E-state index in [-0.39, 0.29) is 6.61 Å². The van der Waals surface area contributed by atoms with Crippen LogP contribution < -0.4 is 5.32 Å². The molecule has 2 N–H and O–H groups in total. The molecule has 0 heterocycles. The molecule has 0 aromatic heterocycles. The van der Waals surface area contributed by atoms with E-state index < -0.39 is 0 Å². The predicted molar refractivity (Wildman–Crippen MR) is 33.4 cm³/mol. The van der Waals surface area contributed by atoms with Crippen molar-refractivity contribution in [2.45, 2.75) is 6.92 Å². The Balaban J connectivity index is 2.90.